The first-order valence-electron chi connectivity index (χ1n) is 1.38. The number of nitrogens with two attached hydrogens (primary N) is 1. The van der Waals surface area contributed by atoms with Crippen LogP contribution >= 0.6 is 28.9 Å². The van der Waals surface area contributed by atoms with Gasteiger partial charge in [-0.25, -0.2) is 4.61 Å². The van der Waals surface area contributed by atoms with Crippen LogP contribution in [0.4, 0.5) is 0 Å². The summed E-state index contributed by atoms with van der Waals surface area (Å²) in [5.74, 6) is 0. The van der Waals surface area contributed by atoms with Crippen LogP contribution in [0.3, 0.4) is 0 Å². The minimum atomic E-state index is -1.32. The van der Waals surface area contributed by atoms with Crippen molar-refractivity contribution in [3.05, 3.63) is 0 Å². The van der Waals surface area contributed by atoms with E-state index in [9.17, 15) is 4.55 Å². The van der Waals surface area contributed by atoms with Crippen LogP contribution in [0.15, 0.2) is 0 Å². The van der Waals surface area contributed by atoms with Crippen LogP contribution in [0.1, 0.15) is 0 Å². The molecular formula is CH5IN2OS2. The lowest BCUT2D eigenvalue weighted by Crippen LogP contribution is -2.13. The standard InChI is InChI=1S/CH5IN2OS2/c2-6(3)1-7(4)5/h6H,1,4H2. The highest BCUT2D eigenvalue weighted by molar-refractivity contribution is 14.2. The summed E-state index contributed by atoms with van der Waals surface area (Å²) in [6.45, 7) is 0. The van der Waals surface area contributed by atoms with Gasteiger partial charge in [-0.3, -0.25) is 0 Å². The van der Waals surface area contributed by atoms with Gasteiger partial charge in [-0.05, 0) is 0 Å². The average Bonchev–Trinajstić information content (AvgIpc) is 1.27. The van der Waals surface area contributed by atoms with Crippen LogP contribution in [0.5, 0.6) is 0 Å². The molecule has 0 spiro atoms. The number of hydrogen-bond acceptors (Lipinski definition) is 3. The molecule has 0 fully saturated rings. The van der Waals surface area contributed by atoms with Crippen LogP contribution in [0.25, 0.3) is 0 Å². The van der Waals surface area contributed by atoms with Gasteiger partial charge in [-0.15, -0.1) is 0 Å². The first kappa shape index (κ1) is 8.06. The van der Waals surface area contributed by atoms with Gasteiger partial charge in [-0.1, -0.05) is 0 Å². The molecule has 0 aromatic rings. The SMILES string of the molecule is N#[SH](I)C[S+](N)[O-]. The lowest BCUT2D eigenvalue weighted by molar-refractivity contribution is 0.601. The predicted octanol–water partition coefficient (Wildman–Crippen LogP) is 0.397. The topological polar surface area (TPSA) is 72.9 Å². The number of halogens is 1. The monoisotopic (exact) mass is 252 g/mol. The van der Waals surface area contributed by atoms with E-state index in [1.54, 1.807) is 21.2 Å². The minimum Gasteiger partial charge on any atom is -0.598 e. The van der Waals surface area contributed by atoms with Gasteiger partial charge in [0.15, 0.2) is 5.08 Å². The number of nitrogens with zero attached hydrogens (tertiary/aromatic N) is 1. The Labute approximate surface area is 59.5 Å². The van der Waals surface area contributed by atoms with E-state index in [2.05, 4.69) is 0 Å². The Bertz CT molecular complexity index is 106. The van der Waals surface area contributed by atoms with Crippen molar-refractivity contribution in [3.63, 3.8) is 0 Å². The summed E-state index contributed by atoms with van der Waals surface area (Å²) in [5, 5.41) is 5.04. The number of rotatable bonds is 1. The molecule has 0 radical (unpaired) electrons. The summed E-state index contributed by atoms with van der Waals surface area (Å²) in [4.78, 5) is 0. The zero-order valence-corrected chi connectivity index (χ0v) is 7.24. The van der Waals surface area contributed by atoms with E-state index in [1.807, 2.05) is 0 Å². The molecule has 0 aliphatic carbocycles. The Morgan fingerprint density at radius 3 is 2.43 bits per heavy atom. The molecule has 2 unspecified atom stereocenters. The highest BCUT2D eigenvalue weighted by atomic mass is 127. The summed E-state index contributed by atoms with van der Waals surface area (Å²) in [6, 6.07) is 0. The van der Waals surface area contributed by atoms with Crippen molar-refractivity contribution in [2.45, 2.75) is 0 Å². The third-order valence-corrected chi connectivity index (χ3v) is 4.61. The quantitative estimate of drug-likeness (QED) is 0.403. The molecule has 6 heteroatoms. The second-order valence-electron chi connectivity index (χ2n) is 0.846. The lowest BCUT2D eigenvalue weighted by Gasteiger charge is -1.96. The molecule has 0 heterocycles. The van der Waals surface area contributed by atoms with Gasteiger partial charge in [0.1, 0.15) is 0 Å². The minimum absolute atomic E-state index is 0.218. The summed E-state index contributed by atoms with van der Waals surface area (Å²) in [7, 11) is -1.10. The molecule has 0 aliphatic heterocycles. The highest BCUT2D eigenvalue weighted by Gasteiger charge is 1.95. The lowest BCUT2D eigenvalue weighted by atomic mass is 11.9. The normalized spacial score (nSPS) is 18.6. The van der Waals surface area contributed by atoms with Gasteiger partial charge in [-0.2, -0.15) is 5.14 Å². The van der Waals surface area contributed by atoms with Crippen molar-refractivity contribution in [3.8, 4) is 0 Å². The van der Waals surface area contributed by atoms with Crippen molar-refractivity contribution in [1.82, 2.24) is 0 Å². The van der Waals surface area contributed by atoms with Crippen molar-refractivity contribution >= 4 is 40.3 Å². The van der Waals surface area contributed by atoms with E-state index in [-0.39, 0.29) is 5.08 Å². The van der Waals surface area contributed by atoms with Crippen molar-refractivity contribution in [2.24, 2.45) is 5.14 Å². The molecule has 0 aromatic heterocycles. The predicted molar refractivity (Wildman–Crippen MR) is 41.9 cm³/mol. The molecule has 2 N–H and O–H groups in total. The molecule has 0 rings (SSSR count). The molecule has 7 heavy (non-hydrogen) atoms. The van der Waals surface area contributed by atoms with Crippen LogP contribution in [-0.2, 0) is 11.4 Å². The van der Waals surface area contributed by atoms with E-state index < -0.39 is 19.1 Å². The fourth-order valence-corrected chi connectivity index (χ4v) is 3.42. The molecule has 0 amide bonds. The molecule has 0 aliphatic rings. The van der Waals surface area contributed by atoms with Crippen molar-refractivity contribution in [2.75, 3.05) is 5.08 Å². The van der Waals surface area contributed by atoms with Crippen LogP contribution in [0.2, 0.25) is 0 Å². The smallest absolute Gasteiger partial charge is 0.189 e. The van der Waals surface area contributed by atoms with E-state index in [0.717, 1.165) is 0 Å². The summed E-state index contributed by atoms with van der Waals surface area (Å²) in [6.07, 6.45) is 0. The Balaban J connectivity index is 3.19. The Morgan fingerprint density at radius 2 is 2.43 bits per heavy atom. The second-order valence-corrected chi connectivity index (χ2v) is 6.66. The van der Waals surface area contributed by atoms with Gasteiger partial charge in [0.05, 0.1) is 0 Å². The molecule has 0 saturated carbocycles. The average molecular weight is 252 g/mol. The Hall–Kier alpha value is 1.06. The van der Waals surface area contributed by atoms with Crippen molar-refractivity contribution in [1.29, 1.82) is 4.61 Å². The molecule has 0 bridgehead atoms. The van der Waals surface area contributed by atoms with E-state index in [1.165, 1.54) is 0 Å². The molecule has 2 atom stereocenters. The fraction of sp³-hybridized carbons (Fsp3) is 1.00. The second kappa shape index (κ2) is 3.99. The maximum absolute atomic E-state index is 9.99. The number of thiol groups is 1. The maximum atomic E-state index is 9.99. The summed E-state index contributed by atoms with van der Waals surface area (Å²) >= 11 is 0.481. The summed E-state index contributed by atoms with van der Waals surface area (Å²) < 4.78 is 18.5. The fourth-order valence-electron chi connectivity index (χ4n) is 0.105. The molecule has 3 nitrogen and oxygen atoms in total. The van der Waals surface area contributed by atoms with Gasteiger partial charge < -0.3 is 4.55 Å². The molecule has 0 saturated heterocycles. The van der Waals surface area contributed by atoms with Crippen LogP contribution in [-0.4, -0.2) is 9.64 Å². The Kier molecular flexibility index (Phi) is 4.60. The maximum Gasteiger partial charge on any atom is 0.189 e. The third-order valence-electron chi connectivity index (χ3n) is 0.234. The van der Waals surface area contributed by atoms with Crippen LogP contribution in [0, 0.1) is 4.61 Å². The summed E-state index contributed by atoms with van der Waals surface area (Å²) in [5.41, 5.74) is 0. The molecule has 44 valence electrons. The molecule has 0 aromatic carbocycles. The van der Waals surface area contributed by atoms with Gasteiger partial charge in [0.2, 0.25) is 0 Å². The van der Waals surface area contributed by atoms with E-state index in [0.29, 0.717) is 0 Å². The zero-order valence-electron chi connectivity index (χ0n) is 3.37. The largest absolute Gasteiger partial charge is 0.598 e. The zero-order chi connectivity index (χ0) is 5.86. The molecular weight excluding hydrogens is 247 g/mol. The first-order valence-corrected chi connectivity index (χ1v) is 7.02. The first-order chi connectivity index (χ1) is 3.13. The van der Waals surface area contributed by atoms with E-state index >= 15 is 0 Å². The van der Waals surface area contributed by atoms with E-state index in [4.69, 9.17) is 9.75 Å². The number of hydrogen-bond donors (Lipinski definition) is 2. The van der Waals surface area contributed by atoms with Crippen molar-refractivity contribution < 1.29 is 4.55 Å². The van der Waals surface area contributed by atoms with Crippen LogP contribution < -0.4 is 5.14 Å². The van der Waals surface area contributed by atoms with Gasteiger partial charge in [0, 0.05) is 40.3 Å². The van der Waals surface area contributed by atoms with Gasteiger partial charge >= 0.3 is 0 Å². The van der Waals surface area contributed by atoms with Gasteiger partial charge in [0.25, 0.3) is 0 Å². The highest BCUT2D eigenvalue weighted by Crippen LogP contribution is 2.17. The Morgan fingerprint density at radius 1 is 2.00 bits per heavy atom. The third kappa shape index (κ3) is 7.06.